The van der Waals surface area contributed by atoms with Gasteiger partial charge in [0.2, 0.25) is 0 Å². The minimum Gasteiger partial charge on any atom is -0.478 e. The summed E-state index contributed by atoms with van der Waals surface area (Å²) in [5.41, 5.74) is 0.736. The van der Waals surface area contributed by atoms with Crippen LogP contribution < -0.4 is 5.32 Å². The summed E-state index contributed by atoms with van der Waals surface area (Å²) < 4.78 is 29.5. The Hall–Kier alpha value is -3.43. The first-order valence-corrected chi connectivity index (χ1v) is 11.0. The first-order chi connectivity index (χ1) is 14.3. The standard InChI is InChI=1S/C21H14N2O5S2/c24-19-17(12-13-8-10-15(11-9-13)20(25)26)29-21(22-19)23-30(27,28)18-7-3-5-14-4-1-2-6-16(14)18/h1-12H,(H,25,26)(H,22,23,24)/b17-12-. The summed E-state index contributed by atoms with van der Waals surface area (Å²) in [6, 6.07) is 18.0. The first-order valence-electron chi connectivity index (χ1n) is 8.70. The van der Waals surface area contributed by atoms with Crippen molar-refractivity contribution >= 4 is 55.7 Å². The minimum absolute atomic E-state index is 0.0404. The average molecular weight is 438 g/mol. The summed E-state index contributed by atoms with van der Waals surface area (Å²) in [6.07, 6.45) is 1.54. The molecule has 3 aromatic carbocycles. The third kappa shape index (κ3) is 3.98. The molecule has 1 aliphatic heterocycles. The fraction of sp³-hybridized carbons (Fsp3) is 0. The number of thioether (sulfide) groups is 1. The van der Waals surface area contributed by atoms with E-state index >= 15 is 0 Å². The number of amidine groups is 1. The Balaban J connectivity index is 1.63. The van der Waals surface area contributed by atoms with E-state index in [4.69, 9.17) is 5.11 Å². The number of carboxylic acids is 1. The zero-order valence-electron chi connectivity index (χ0n) is 15.3. The molecular weight excluding hydrogens is 424 g/mol. The van der Waals surface area contributed by atoms with Gasteiger partial charge in [-0.15, -0.1) is 4.40 Å². The molecule has 0 unspecified atom stereocenters. The van der Waals surface area contributed by atoms with Crippen LogP contribution in [0.5, 0.6) is 0 Å². The van der Waals surface area contributed by atoms with Crippen LogP contribution in [0, 0.1) is 0 Å². The maximum Gasteiger partial charge on any atom is 0.335 e. The fourth-order valence-corrected chi connectivity index (χ4v) is 5.13. The number of hydrogen-bond acceptors (Lipinski definition) is 5. The van der Waals surface area contributed by atoms with Crippen LogP contribution in [-0.4, -0.2) is 30.6 Å². The van der Waals surface area contributed by atoms with Gasteiger partial charge in [-0.2, -0.15) is 8.42 Å². The van der Waals surface area contributed by atoms with E-state index in [1.165, 1.54) is 18.2 Å². The summed E-state index contributed by atoms with van der Waals surface area (Å²) in [5, 5.41) is 12.7. The Morgan fingerprint density at radius 1 is 1.00 bits per heavy atom. The van der Waals surface area contributed by atoms with Crippen molar-refractivity contribution in [2.45, 2.75) is 4.90 Å². The van der Waals surface area contributed by atoms with Crippen molar-refractivity contribution in [2.75, 3.05) is 0 Å². The summed E-state index contributed by atoms with van der Waals surface area (Å²) >= 11 is 0.906. The van der Waals surface area contributed by atoms with Crippen LogP contribution >= 0.6 is 11.8 Å². The van der Waals surface area contributed by atoms with E-state index in [0.29, 0.717) is 10.9 Å². The molecule has 30 heavy (non-hydrogen) atoms. The lowest BCUT2D eigenvalue weighted by Gasteiger charge is -2.04. The molecule has 3 aromatic rings. The third-order valence-corrected chi connectivity index (χ3v) is 6.70. The van der Waals surface area contributed by atoms with Gasteiger partial charge in [-0.3, -0.25) is 10.1 Å². The number of sulfonamides is 1. The second-order valence-electron chi connectivity index (χ2n) is 6.34. The molecule has 0 atom stereocenters. The summed E-state index contributed by atoms with van der Waals surface area (Å²) in [4.78, 5) is 23.5. The van der Waals surface area contributed by atoms with E-state index in [2.05, 4.69) is 9.71 Å². The van der Waals surface area contributed by atoms with Crippen LogP contribution in [0.1, 0.15) is 15.9 Å². The predicted molar refractivity (Wildman–Crippen MR) is 116 cm³/mol. The number of carboxylic acid groups (broad SMARTS) is 1. The van der Waals surface area contributed by atoms with E-state index in [-0.39, 0.29) is 20.5 Å². The van der Waals surface area contributed by atoms with Crippen molar-refractivity contribution in [2.24, 2.45) is 4.40 Å². The van der Waals surface area contributed by atoms with Crippen molar-refractivity contribution in [1.82, 2.24) is 5.32 Å². The van der Waals surface area contributed by atoms with E-state index < -0.39 is 21.9 Å². The highest BCUT2D eigenvalue weighted by Crippen LogP contribution is 2.29. The zero-order chi connectivity index (χ0) is 21.3. The van der Waals surface area contributed by atoms with Crippen molar-refractivity contribution in [3.8, 4) is 0 Å². The van der Waals surface area contributed by atoms with Gasteiger partial charge in [0.05, 0.1) is 15.4 Å². The Morgan fingerprint density at radius 2 is 1.70 bits per heavy atom. The number of fused-ring (bicyclic) bond motifs is 1. The van der Waals surface area contributed by atoms with Crippen molar-refractivity contribution < 1.29 is 23.1 Å². The quantitative estimate of drug-likeness (QED) is 0.603. The third-order valence-electron chi connectivity index (χ3n) is 4.34. The van der Waals surface area contributed by atoms with Gasteiger partial charge in [0.1, 0.15) is 0 Å². The van der Waals surface area contributed by atoms with Crippen molar-refractivity contribution in [3.05, 3.63) is 82.8 Å². The smallest absolute Gasteiger partial charge is 0.335 e. The molecule has 0 bridgehead atoms. The largest absolute Gasteiger partial charge is 0.478 e. The maximum atomic E-state index is 12.8. The number of carbonyl (C=O) groups excluding carboxylic acids is 1. The van der Waals surface area contributed by atoms with Crippen LogP contribution in [0.4, 0.5) is 0 Å². The van der Waals surface area contributed by atoms with Crippen molar-refractivity contribution in [1.29, 1.82) is 0 Å². The molecule has 0 aliphatic carbocycles. The van der Waals surface area contributed by atoms with E-state index in [9.17, 15) is 18.0 Å². The first kappa shape index (κ1) is 19.9. The van der Waals surface area contributed by atoms with E-state index in [1.807, 2.05) is 18.2 Å². The lowest BCUT2D eigenvalue weighted by Crippen LogP contribution is -2.20. The van der Waals surface area contributed by atoms with Crippen LogP contribution in [-0.2, 0) is 14.8 Å². The molecule has 1 saturated heterocycles. The minimum atomic E-state index is -4.05. The highest BCUT2D eigenvalue weighted by molar-refractivity contribution is 8.19. The molecule has 4 rings (SSSR count). The predicted octanol–water partition coefficient (Wildman–Crippen LogP) is 3.49. The van der Waals surface area contributed by atoms with Crippen LogP contribution in [0.2, 0.25) is 0 Å². The molecule has 1 aliphatic rings. The lowest BCUT2D eigenvalue weighted by atomic mass is 10.1. The van der Waals surface area contributed by atoms with E-state index in [1.54, 1.807) is 36.4 Å². The SMILES string of the molecule is O=C1NC(=NS(=O)(=O)c2cccc3ccccc23)S/C1=C\c1ccc(C(=O)O)cc1. The number of amides is 1. The topological polar surface area (TPSA) is 113 Å². The zero-order valence-corrected chi connectivity index (χ0v) is 16.9. The van der Waals surface area contributed by atoms with Gasteiger partial charge < -0.3 is 5.11 Å². The van der Waals surface area contributed by atoms with Gasteiger partial charge in [-0.1, -0.05) is 48.5 Å². The van der Waals surface area contributed by atoms with Crippen molar-refractivity contribution in [3.63, 3.8) is 0 Å². The number of carbonyl (C=O) groups is 2. The summed E-state index contributed by atoms with van der Waals surface area (Å²) in [6.45, 7) is 0. The van der Waals surface area contributed by atoms with Gasteiger partial charge in [0.15, 0.2) is 5.17 Å². The number of hydrogen-bond donors (Lipinski definition) is 2. The second kappa shape index (κ2) is 7.77. The molecule has 0 aromatic heterocycles. The van der Waals surface area contributed by atoms with Crippen LogP contribution in [0.25, 0.3) is 16.8 Å². The average Bonchev–Trinajstić information content (AvgIpc) is 3.05. The highest BCUT2D eigenvalue weighted by atomic mass is 32.2. The molecule has 7 nitrogen and oxygen atoms in total. The van der Waals surface area contributed by atoms with Gasteiger partial charge in [-0.05, 0) is 47.0 Å². The number of rotatable bonds is 4. The Kier molecular flexibility index (Phi) is 5.15. The van der Waals surface area contributed by atoms with Gasteiger partial charge in [0, 0.05) is 5.39 Å². The molecule has 1 fully saturated rings. The second-order valence-corrected chi connectivity index (χ2v) is 8.94. The molecule has 0 radical (unpaired) electrons. The molecule has 0 saturated carbocycles. The number of nitrogens with one attached hydrogen (secondary N) is 1. The van der Waals surface area contributed by atoms with Crippen LogP contribution in [0.3, 0.4) is 0 Å². The van der Waals surface area contributed by atoms with E-state index in [0.717, 1.165) is 17.1 Å². The number of aromatic carboxylic acids is 1. The molecule has 150 valence electrons. The lowest BCUT2D eigenvalue weighted by molar-refractivity contribution is -0.115. The molecule has 9 heteroatoms. The summed E-state index contributed by atoms with van der Waals surface area (Å²) in [5.74, 6) is -1.52. The fourth-order valence-electron chi connectivity index (χ4n) is 2.92. The summed E-state index contributed by atoms with van der Waals surface area (Å²) in [7, 11) is -4.05. The van der Waals surface area contributed by atoms with Gasteiger partial charge >= 0.3 is 5.97 Å². The Labute approximate surface area is 176 Å². The highest BCUT2D eigenvalue weighted by Gasteiger charge is 2.27. The molecule has 1 heterocycles. The molecular formula is C21H14N2O5S2. The maximum absolute atomic E-state index is 12.8. The molecule has 0 spiro atoms. The van der Waals surface area contributed by atoms with Gasteiger partial charge in [-0.25, -0.2) is 4.79 Å². The Morgan fingerprint density at radius 3 is 2.43 bits per heavy atom. The number of benzene rings is 3. The normalized spacial score (nSPS) is 16.9. The number of nitrogens with zero attached hydrogens (tertiary/aromatic N) is 1. The Bertz CT molecular complexity index is 1340. The van der Waals surface area contributed by atoms with Gasteiger partial charge in [0.25, 0.3) is 15.9 Å². The molecule has 2 N–H and O–H groups in total. The monoisotopic (exact) mass is 438 g/mol. The van der Waals surface area contributed by atoms with Crippen LogP contribution in [0.15, 0.2) is 80.9 Å². The molecule has 1 amide bonds.